The molecule has 0 aliphatic rings. The van der Waals surface area contributed by atoms with Gasteiger partial charge in [0.15, 0.2) is 0 Å². The van der Waals surface area contributed by atoms with Crippen LogP contribution in [-0.4, -0.2) is 9.58 Å². The number of hydrogen-bond acceptors (Lipinski definition) is 1. The number of ketones is 1. The van der Waals surface area contributed by atoms with Crippen molar-refractivity contribution in [2.75, 3.05) is 0 Å². The smallest absolute Gasteiger partial charge is 0.253 e. The highest BCUT2D eigenvalue weighted by Crippen LogP contribution is 2.30. The molecule has 0 N–H and O–H groups in total. The van der Waals surface area contributed by atoms with Gasteiger partial charge >= 0.3 is 0 Å². The van der Waals surface area contributed by atoms with Crippen molar-refractivity contribution < 1.29 is 4.79 Å². The Balaban J connectivity index is 3.03. The molecule has 0 saturated carbocycles. The number of benzene rings is 1. The fraction of sp³-hybridized carbons (Fsp3) is 0.125. The standard InChI is InChI=1S/C8H4Cl4O/c9-6-3-1-2-5(4-6)7(13)8(10,11)12/h1-4H. The second kappa shape index (κ2) is 4.05. The number of carbonyl (C=O) groups is 1. The summed E-state index contributed by atoms with van der Waals surface area (Å²) < 4.78 is -1.93. The van der Waals surface area contributed by atoms with Crippen LogP contribution in [0.3, 0.4) is 0 Å². The van der Waals surface area contributed by atoms with Gasteiger partial charge in [-0.25, -0.2) is 0 Å². The van der Waals surface area contributed by atoms with E-state index in [1.807, 2.05) is 0 Å². The maximum absolute atomic E-state index is 11.4. The minimum atomic E-state index is -1.93. The van der Waals surface area contributed by atoms with Crippen LogP contribution in [0.4, 0.5) is 0 Å². The number of alkyl halides is 3. The maximum Gasteiger partial charge on any atom is 0.253 e. The lowest BCUT2D eigenvalue weighted by molar-refractivity contribution is 0.0996. The normalized spacial score (nSPS) is 11.4. The van der Waals surface area contributed by atoms with Crippen LogP contribution < -0.4 is 0 Å². The molecule has 0 aliphatic heterocycles. The Bertz CT molecular complexity index is 329. The van der Waals surface area contributed by atoms with Gasteiger partial charge in [-0.15, -0.1) is 0 Å². The van der Waals surface area contributed by atoms with Crippen molar-refractivity contribution in [2.45, 2.75) is 3.79 Å². The SMILES string of the molecule is O=C(c1cccc(Cl)c1)C(Cl)(Cl)Cl. The van der Waals surface area contributed by atoms with E-state index in [-0.39, 0.29) is 5.56 Å². The maximum atomic E-state index is 11.4. The molecule has 0 bridgehead atoms. The van der Waals surface area contributed by atoms with Crippen LogP contribution in [0.15, 0.2) is 24.3 Å². The summed E-state index contributed by atoms with van der Waals surface area (Å²) in [6, 6.07) is 6.24. The van der Waals surface area contributed by atoms with Gasteiger partial charge in [-0.2, -0.15) is 0 Å². The first-order chi connectivity index (χ1) is 5.91. The predicted octanol–water partition coefficient (Wildman–Crippen LogP) is 3.89. The van der Waals surface area contributed by atoms with Crippen LogP contribution in [0.5, 0.6) is 0 Å². The molecule has 70 valence electrons. The van der Waals surface area contributed by atoms with Gasteiger partial charge in [0, 0.05) is 10.6 Å². The molecule has 0 heterocycles. The van der Waals surface area contributed by atoms with Crippen LogP contribution in [0, 0.1) is 0 Å². The lowest BCUT2D eigenvalue weighted by atomic mass is 10.1. The molecule has 5 heteroatoms. The first kappa shape index (κ1) is 11.1. The summed E-state index contributed by atoms with van der Waals surface area (Å²) in [5, 5.41) is 0.431. The lowest BCUT2D eigenvalue weighted by Gasteiger charge is -2.08. The quantitative estimate of drug-likeness (QED) is 0.551. The average Bonchev–Trinajstić information content (AvgIpc) is 2.01. The van der Waals surface area contributed by atoms with Crippen molar-refractivity contribution >= 4 is 52.2 Å². The molecule has 0 radical (unpaired) electrons. The van der Waals surface area contributed by atoms with Crippen molar-refractivity contribution in [1.29, 1.82) is 0 Å². The Hall–Kier alpha value is 0.0500. The second-order valence-electron chi connectivity index (χ2n) is 2.34. The van der Waals surface area contributed by atoms with Crippen molar-refractivity contribution in [3.8, 4) is 0 Å². The zero-order valence-electron chi connectivity index (χ0n) is 6.23. The lowest BCUT2D eigenvalue weighted by Crippen LogP contribution is -2.18. The highest BCUT2D eigenvalue weighted by molar-refractivity contribution is 6.77. The van der Waals surface area contributed by atoms with Crippen LogP contribution in [0.25, 0.3) is 0 Å². The first-order valence-corrected chi connectivity index (χ1v) is 4.79. The van der Waals surface area contributed by atoms with E-state index in [0.717, 1.165) is 0 Å². The van der Waals surface area contributed by atoms with Crippen molar-refractivity contribution in [1.82, 2.24) is 0 Å². The van der Waals surface area contributed by atoms with Gasteiger partial charge in [0.25, 0.3) is 3.79 Å². The van der Waals surface area contributed by atoms with E-state index in [9.17, 15) is 4.79 Å². The Morgan fingerprint density at radius 2 is 1.85 bits per heavy atom. The zero-order chi connectivity index (χ0) is 10.1. The first-order valence-electron chi connectivity index (χ1n) is 3.28. The van der Waals surface area contributed by atoms with Crippen LogP contribution in [-0.2, 0) is 0 Å². The van der Waals surface area contributed by atoms with E-state index in [0.29, 0.717) is 5.02 Å². The molecule has 1 aromatic rings. The molecule has 0 spiro atoms. The predicted molar refractivity (Wildman–Crippen MR) is 56.1 cm³/mol. The molecule has 13 heavy (non-hydrogen) atoms. The third kappa shape index (κ3) is 3.03. The average molecular weight is 258 g/mol. The number of hydrogen-bond donors (Lipinski definition) is 0. The van der Waals surface area contributed by atoms with Crippen molar-refractivity contribution in [3.63, 3.8) is 0 Å². The van der Waals surface area contributed by atoms with E-state index >= 15 is 0 Å². The molecule has 0 aromatic heterocycles. The molecule has 1 rings (SSSR count). The van der Waals surface area contributed by atoms with Gasteiger partial charge in [-0.3, -0.25) is 4.79 Å². The van der Waals surface area contributed by atoms with E-state index in [4.69, 9.17) is 46.4 Å². The number of carbonyl (C=O) groups excluding carboxylic acids is 1. The third-order valence-corrected chi connectivity index (χ3v) is 2.09. The summed E-state index contributed by atoms with van der Waals surface area (Å²) >= 11 is 21.9. The highest BCUT2D eigenvalue weighted by Gasteiger charge is 2.31. The highest BCUT2D eigenvalue weighted by atomic mass is 35.6. The number of rotatable bonds is 1. The van der Waals surface area contributed by atoms with Crippen molar-refractivity contribution in [2.24, 2.45) is 0 Å². The minimum absolute atomic E-state index is 0.285. The summed E-state index contributed by atoms with van der Waals surface area (Å²) in [5.74, 6) is -0.583. The van der Waals surface area contributed by atoms with Gasteiger partial charge < -0.3 is 0 Å². The Morgan fingerprint density at radius 3 is 2.31 bits per heavy atom. The van der Waals surface area contributed by atoms with E-state index in [1.54, 1.807) is 12.1 Å². The Morgan fingerprint density at radius 1 is 1.23 bits per heavy atom. The summed E-state index contributed by atoms with van der Waals surface area (Å²) in [6.45, 7) is 0. The number of halogens is 4. The monoisotopic (exact) mass is 256 g/mol. The van der Waals surface area contributed by atoms with Crippen LogP contribution in [0.1, 0.15) is 10.4 Å². The van der Waals surface area contributed by atoms with Gasteiger partial charge in [-0.1, -0.05) is 58.5 Å². The van der Waals surface area contributed by atoms with Gasteiger partial charge in [0.2, 0.25) is 5.78 Å². The van der Waals surface area contributed by atoms with Crippen LogP contribution >= 0.6 is 46.4 Å². The Labute approximate surface area is 95.5 Å². The molecule has 0 fully saturated rings. The summed E-state index contributed by atoms with van der Waals surface area (Å²) in [7, 11) is 0. The summed E-state index contributed by atoms with van der Waals surface area (Å²) in [5.41, 5.74) is 0.285. The molecule has 0 atom stereocenters. The summed E-state index contributed by atoms with van der Waals surface area (Å²) in [4.78, 5) is 11.4. The molecule has 0 aliphatic carbocycles. The molecule has 1 nitrogen and oxygen atoms in total. The second-order valence-corrected chi connectivity index (χ2v) is 5.05. The summed E-state index contributed by atoms with van der Waals surface area (Å²) in [6.07, 6.45) is 0. The molecular formula is C8H4Cl4O. The van der Waals surface area contributed by atoms with E-state index in [2.05, 4.69) is 0 Å². The largest absolute Gasteiger partial charge is 0.289 e. The molecule has 1 aromatic carbocycles. The van der Waals surface area contributed by atoms with Crippen LogP contribution in [0.2, 0.25) is 5.02 Å². The topological polar surface area (TPSA) is 17.1 Å². The fourth-order valence-electron chi connectivity index (χ4n) is 0.793. The minimum Gasteiger partial charge on any atom is -0.289 e. The molecule has 0 saturated heterocycles. The van der Waals surface area contributed by atoms with Gasteiger partial charge in [-0.05, 0) is 12.1 Å². The van der Waals surface area contributed by atoms with E-state index < -0.39 is 9.58 Å². The van der Waals surface area contributed by atoms with Gasteiger partial charge in [0.1, 0.15) is 0 Å². The molecule has 0 amide bonds. The zero-order valence-corrected chi connectivity index (χ0v) is 9.25. The van der Waals surface area contributed by atoms with Gasteiger partial charge in [0.05, 0.1) is 0 Å². The van der Waals surface area contributed by atoms with Crippen molar-refractivity contribution in [3.05, 3.63) is 34.9 Å². The number of Topliss-reactive ketones (excluding diaryl/α,β-unsaturated/α-hetero) is 1. The third-order valence-electron chi connectivity index (χ3n) is 1.34. The fourth-order valence-corrected chi connectivity index (χ4v) is 1.31. The molecule has 0 unspecified atom stereocenters. The Kier molecular flexibility index (Phi) is 3.47. The van der Waals surface area contributed by atoms with E-state index in [1.165, 1.54) is 12.1 Å². The molecular weight excluding hydrogens is 254 g/mol.